The van der Waals surface area contributed by atoms with Gasteiger partial charge in [-0.1, -0.05) is 0 Å². The molecular formula is C31H35FN8O4. The maximum absolute atomic E-state index is 14.9. The van der Waals surface area contributed by atoms with Crippen molar-refractivity contribution in [3.63, 3.8) is 0 Å². The van der Waals surface area contributed by atoms with Gasteiger partial charge in [-0.2, -0.15) is 10.2 Å². The Kier molecular flexibility index (Phi) is 9.11. The van der Waals surface area contributed by atoms with Gasteiger partial charge in [0.25, 0.3) is 0 Å². The van der Waals surface area contributed by atoms with E-state index < -0.39 is 12.3 Å². The molecule has 0 saturated carbocycles. The molecule has 1 amide bonds. The number of amides is 1. The quantitative estimate of drug-likeness (QED) is 0.388. The number of nitrogens with zero attached hydrogens (tertiary/aromatic N) is 7. The van der Waals surface area contributed by atoms with E-state index in [4.69, 9.17) is 14.2 Å². The van der Waals surface area contributed by atoms with Crippen LogP contribution in [0, 0.1) is 11.3 Å². The van der Waals surface area contributed by atoms with Crippen molar-refractivity contribution >= 4 is 23.2 Å². The summed E-state index contributed by atoms with van der Waals surface area (Å²) in [5.41, 5.74) is 2.85. The molecule has 3 fully saturated rings. The van der Waals surface area contributed by atoms with Gasteiger partial charge >= 0.3 is 0 Å². The molecular weight excluding hydrogens is 567 g/mol. The second kappa shape index (κ2) is 13.5. The highest BCUT2D eigenvalue weighted by Crippen LogP contribution is 2.29. The summed E-state index contributed by atoms with van der Waals surface area (Å²) in [7, 11) is 1.43. The molecule has 0 radical (unpaired) electrons. The minimum atomic E-state index is -1.39. The number of carbonyl (C=O) groups excluding carboxylic acids is 1. The number of likely N-dealkylation sites (tertiary alicyclic amines) is 1. The van der Waals surface area contributed by atoms with Gasteiger partial charge < -0.3 is 29.3 Å². The molecule has 0 aliphatic carbocycles. The lowest BCUT2D eigenvalue weighted by molar-refractivity contribution is -0.139. The summed E-state index contributed by atoms with van der Waals surface area (Å²) in [6, 6.07) is 15.9. The predicted molar refractivity (Wildman–Crippen MR) is 160 cm³/mol. The maximum Gasteiger partial charge on any atom is 0.248 e. The van der Waals surface area contributed by atoms with Crippen LogP contribution >= 0.6 is 0 Å². The molecule has 3 aromatic rings. The zero-order chi connectivity index (χ0) is 30.5. The lowest BCUT2D eigenvalue weighted by atomic mass is 10.0. The van der Waals surface area contributed by atoms with Crippen LogP contribution in [0.4, 0.5) is 21.7 Å². The van der Waals surface area contributed by atoms with Crippen molar-refractivity contribution in [1.29, 1.82) is 5.26 Å². The summed E-state index contributed by atoms with van der Waals surface area (Å²) < 4.78 is 31.0. The monoisotopic (exact) mass is 602 g/mol. The number of aromatic nitrogens is 3. The number of rotatable bonds is 9. The van der Waals surface area contributed by atoms with Crippen LogP contribution < -0.4 is 15.0 Å². The van der Waals surface area contributed by atoms with Crippen molar-refractivity contribution in [2.24, 2.45) is 0 Å². The summed E-state index contributed by atoms with van der Waals surface area (Å²) in [4.78, 5) is 31.5. The van der Waals surface area contributed by atoms with Crippen molar-refractivity contribution in [3.8, 4) is 23.2 Å². The molecule has 44 heavy (non-hydrogen) atoms. The van der Waals surface area contributed by atoms with Crippen molar-refractivity contribution < 1.29 is 23.4 Å². The van der Waals surface area contributed by atoms with Gasteiger partial charge in [0.05, 0.1) is 31.4 Å². The first kappa shape index (κ1) is 29.7. The van der Waals surface area contributed by atoms with E-state index in [0.717, 1.165) is 45.1 Å². The Bertz CT molecular complexity index is 1490. The van der Waals surface area contributed by atoms with Gasteiger partial charge in [0.15, 0.2) is 12.0 Å². The molecule has 4 heterocycles. The molecule has 0 unspecified atom stereocenters. The third-order valence-electron chi connectivity index (χ3n) is 8.25. The minimum absolute atomic E-state index is 0.0796. The Morgan fingerprint density at radius 1 is 1.11 bits per heavy atom. The first-order valence-corrected chi connectivity index (χ1v) is 14.8. The zero-order valence-corrected chi connectivity index (χ0v) is 24.6. The standard InChI is InChI=1S/C31H35FN8O4/c1-42-19-29(41)40-9-8-28(26(32)16-40)44-27-7-2-21(14-22(27)15-33)30-34-20-35-31(37-30)36-23-3-5-24(6-4-23)38-10-12-39(13-11-38)25-17-43-18-25/h2-7,14,20,25-26,28H,8-13,16-19H2,1H3,(H,34,35,36,37)/t26-,28-/m0/s1. The Labute approximate surface area is 255 Å². The summed E-state index contributed by atoms with van der Waals surface area (Å²) in [6.45, 7) is 5.92. The number of hydrogen-bond donors (Lipinski definition) is 1. The first-order chi connectivity index (χ1) is 21.5. The molecule has 230 valence electrons. The van der Waals surface area contributed by atoms with Crippen LogP contribution in [0.2, 0.25) is 0 Å². The molecule has 2 atom stereocenters. The summed E-state index contributed by atoms with van der Waals surface area (Å²) in [6.07, 6.45) is -0.445. The second-order valence-corrected chi connectivity index (χ2v) is 11.1. The largest absolute Gasteiger partial charge is 0.486 e. The topological polar surface area (TPSA) is 129 Å². The fourth-order valence-electron chi connectivity index (χ4n) is 5.64. The SMILES string of the molecule is COCC(=O)N1CC[C@H](Oc2ccc(-c3ncnc(Nc4ccc(N5CCN(C6COC6)CC5)cc4)n3)cc2C#N)[C@@H](F)C1. The number of hydrogen-bond acceptors (Lipinski definition) is 11. The average molecular weight is 603 g/mol. The molecule has 3 aliphatic rings. The number of piperazine rings is 1. The molecule has 1 N–H and O–H groups in total. The van der Waals surface area contributed by atoms with E-state index in [1.807, 2.05) is 12.1 Å². The predicted octanol–water partition coefficient (Wildman–Crippen LogP) is 2.64. The minimum Gasteiger partial charge on any atom is -0.486 e. The first-order valence-electron chi connectivity index (χ1n) is 14.8. The molecule has 0 spiro atoms. The van der Waals surface area contributed by atoms with Crippen LogP contribution in [-0.4, -0.2) is 115 Å². The van der Waals surface area contributed by atoms with Gasteiger partial charge in [-0.05, 0) is 42.5 Å². The molecule has 12 nitrogen and oxygen atoms in total. The van der Waals surface area contributed by atoms with E-state index in [9.17, 15) is 14.4 Å². The van der Waals surface area contributed by atoms with Crippen LogP contribution in [-0.2, 0) is 14.3 Å². The zero-order valence-electron chi connectivity index (χ0n) is 24.6. The fourth-order valence-corrected chi connectivity index (χ4v) is 5.64. The highest BCUT2D eigenvalue weighted by atomic mass is 19.1. The lowest BCUT2D eigenvalue weighted by Crippen LogP contribution is -2.56. The second-order valence-electron chi connectivity index (χ2n) is 11.1. The number of methoxy groups -OCH3 is 1. The number of piperidine rings is 1. The van der Waals surface area contributed by atoms with Crippen LogP contribution in [0.15, 0.2) is 48.8 Å². The van der Waals surface area contributed by atoms with Gasteiger partial charge in [0.1, 0.15) is 30.9 Å². The van der Waals surface area contributed by atoms with Gasteiger partial charge in [0.2, 0.25) is 11.9 Å². The van der Waals surface area contributed by atoms with Crippen LogP contribution in [0.3, 0.4) is 0 Å². The summed E-state index contributed by atoms with van der Waals surface area (Å²) >= 11 is 0. The number of halogens is 1. The lowest BCUT2D eigenvalue weighted by Gasteiger charge is -2.43. The number of benzene rings is 2. The van der Waals surface area contributed by atoms with E-state index in [0.29, 0.717) is 36.3 Å². The highest BCUT2D eigenvalue weighted by Gasteiger charge is 2.33. The number of carbonyl (C=O) groups is 1. The van der Waals surface area contributed by atoms with Gasteiger partial charge in [0, 0.05) is 63.2 Å². The van der Waals surface area contributed by atoms with Crippen LogP contribution in [0.5, 0.6) is 5.75 Å². The average Bonchev–Trinajstić information content (AvgIpc) is 3.02. The number of nitriles is 1. The fraction of sp³-hybridized carbons (Fsp3) is 0.452. The van der Waals surface area contributed by atoms with Crippen LogP contribution in [0.25, 0.3) is 11.4 Å². The third-order valence-corrected chi connectivity index (χ3v) is 8.25. The van der Waals surface area contributed by atoms with Crippen molar-refractivity contribution in [2.75, 3.05) is 76.4 Å². The Morgan fingerprint density at radius 3 is 2.59 bits per heavy atom. The van der Waals surface area contributed by atoms with E-state index in [1.54, 1.807) is 18.2 Å². The Balaban J connectivity index is 1.07. The van der Waals surface area contributed by atoms with Gasteiger partial charge in [-0.15, -0.1) is 0 Å². The molecule has 3 saturated heterocycles. The smallest absolute Gasteiger partial charge is 0.248 e. The molecule has 3 aliphatic heterocycles. The maximum atomic E-state index is 14.9. The van der Waals surface area contributed by atoms with E-state index in [-0.39, 0.29) is 30.4 Å². The van der Waals surface area contributed by atoms with Crippen molar-refractivity contribution in [2.45, 2.75) is 24.7 Å². The molecule has 0 bridgehead atoms. The number of nitrogens with one attached hydrogen (secondary N) is 1. The van der Waals surface area contributed by atoms with E-state index in [2.05, 4.69) is 48.3 Å². The normalized spacial score (nSPS) is 20.9. The summed E-state index contributed by atoms with van der Waals surface area (Å²) in [5.74, 6) is 0.757. The molecule has 6 rings (SSSR count). The van der Waals surface area contributed by atoms with E-state index in [1.165, 1.54) is 24.0 Å². The Morgan fingerprint density at radius 2 is 1.91 bits per heavy atom. The number of alkyl halides is 1. The van der Waals surface area contributed by atoms with E-state index >= 15 is 0 Å². The molecule has 2 aromatic carbocycles. The van der Waals surface area contributed by atoms with Crippen molar-refractivity contribution in [1.82, 2.24) is 24.8 Å². The van der Waals surface area contributed by atoms with Gasteiger partial charge in [-0.25, -0.2) is 14.4 Å². The van der Waals surface area contributed by atoms with Gasteiger partial charge in [-0.3, -0.25) is 9.69 Å². The third kappa shape index (κ3) is 6.72. The van der Waals surface area contributed by atoms with Crippen molar-refractivity contribution in [3.05, 3.63) is 54.4 Å². The molecule has 1 aromatic heterocycles. The number of anilines is 3. The highest BCUT2D eigenvalue weighted by molar-refractivity contribution is 5.77. The number of ether oxygens (including phenoxy) is 3. The summed E-state index contributed by atoms with van der Waals surface area (Å²) in [5, 5.41) is 13.0. The Hall–Kier alpha value is -4.38. The molecule has 13 heteroatoms. The van der Waals surface area contributed by atoms with Crippen LogP contribution in [0.1, 0.15) is 12.0 Å².